The zero-order chi connectivity index (χ0) is 13.7. The highest BCUT2D eigenvalue weighted by atomic mass is 16.2. The Kier molecular flexibility index (Phi) is 4.27. The Morgan fingerprint density at radius 1 is 1.21 bits per heavy atom. The molecule has 19 heavy (non-hydrogen) atoms. The van der Waals surface area contributed by atoms with Gasteiger partial charge in [0.25, 0.3) is 5.91 Å². The van der Waals surface area contributed by atoms with Gasteiger partial charge in [-0.05, 0) is 31.4 Å². The number of nitrogens with one attached hydrogen (secondary N) is 1. The smallest absolute Gasteiger partial charge is 0.269 e. The van der Waals surface area contributed by atoms with Crippen molar-refractivity contribution in [3.8, 4) is 0 Å². The number of nitrogens with zero attached hydrogens (tertiary/aromatic N) is 3. The second-order valence-corrected chi connectivity index (χ2v) is 4.46. The highest BCUT2D eigenvalue weighted by molar-refractivity contribution is 5.90. The number of rotatable bonds is 4. The van der Waals surface area contributed by atoms with Crippen LogP contribution in [-0.4, -0.2) is 46.5 Å². The third-order valence-corrected chi connectivity index (χ3v) is 3.05. The maximum Gasteiger partial charge on any atom is 0.269 e. The molecule has 1 saturated heterocycles. The molecule has 1 aromatic rings. The highest BCUT2D eigenvalue weighted by Crippen LogP contribution is 2.09. The lowest BCUT2D eigenvalue weighted by Gasteiger charge is -2.26. The minimum absolute atomic E-state index is 0.0560. The Morgan fingerprint density at radius 3 is 2.53 bits per heavy atom. The van der Waals surface area contributed by atoms with Crippen molar-refractivity contribution in [1.82, 2.24) is 15.1 Å². The number of hydrogen-bond donors (Lipinski definition) is 2. The summed E-state index contributed by atoms with van der Waals surface area (Å²) in [6.45, 7) is 1.84. The molecule has 1 aromatic heterocycles. The molecule has 3 N–H and O–H groups in total. The fraction of sp³-hybridized carbons (Fsp3) is 0.500. The molecule has 1 aliphatic rings. The van der Waals surface area contributed by atoms with E-state index in [4.69, 9.17) is 5.73 Å². The number of anilines is 1. The lowest BCUT2D eigenvalue weighted by Crippen LogP contribution is -2.39. The first-order chi connectivity index (χ1) is 9.16. The number of carbonyl (C=O) groups excluding carboxylic acids is 2. The Labute approximate surface area is 111 Å². The molecule has 1 fully saturated rings. The van der Waals surface area contributed by atoms with E-state index in [1.165, 1.54) is 12.5 Å². The molecule has 0 radical (unpaired) electrons. The molecule has 2 heterocycles. The van der Waals surface area contributed by atoms with Crippen LogP contribution >= 0.6 is 0 Å². The standard InChI is InChI=1S/C12H17N5O2/c13-12(19)9-4-5-10(16-15-9)14-8-11(18)17-6-2-1-3-7-17/h4-5H,1-3,6-8H2,(H2,13,19)(H,14,16). The predicted octanol–water partition coefficient (Wildman–Crippen LogP) is -0.000100. The van der Waals surface area contributed by atoms with Gasteiger partial charge in [-0.25, -0.2) is 0 Å². The van der Waals surface area contributed by atoms with E-state index < -0.39 is 5.91 Å². The molecular weight excluding hydrogens is 246 g/mol. The topological polar surface area (TPSA) is 101 Å². The van der Waals surface area contributed by atoms with Gasteiger partial charge in [-0.2, -0.15) is 0 Å². The van der Waals surface area contributed by atoms with Crippen molar-refractivity contribution >= 4 is 17.6 Å². The molecule has 0 aliphatic carbocycles. The van der Waals surface area contributed by atoms with Gasteiger partial charge in [0.2, 0.25) is 5.91 Å². The summed E-state index contributed by atoms with van der Waals surface area (Å²) in [5.41, 5.74) is 5.17. The largest absolute Gasteiger partial charge is 0.364 e. The molecule has 0 unspecified atom stereocenters. The van der Waals surface area contributed by atoms with Crippen molar-refractivity contribution in [1.29, 1.82) is 0 Å². The van der Waals surface area contributed by atoms with Crippen LogP contribution in [0.3, 0.4) is 0 Å². The molecule has 2 rings (SSSR count). The summed E-state index contributed by atoms with van der Waals surface area (Å²) < 4.78 is 0. The quantitative estimate of drug-likeness (QED) is 0.796. The van der Waals surface area contributed by atoms with E-state index in [9.17, 15) is 9.59 Å². The SMILES string of the molecule is NC(=O)c1ccc(NCC(=O)N2CCCCC2)nn1. The van der Waals surface area contributed by atoms with E-state index in [0.29, 0.717) is 5.82 Å². The van der Waals surface area contributed by atoms with Crippen molar-refractivity contribution in [2.45, 2.75) is 19.3 Å². The third-order valence-electron chi connectivity index (χ3n) is 3.05. The van der Waals surface area contributed by atoms with Crippen LogP contribution in [0, 0.1) is 0 Å². The monoisotopic (exact) mass is 263 g/mol. The van der Waals surface area contributed by atoms with Crippen LogP contribution in [0.5, 0.6) is 0 Å². The predicted molar refractivity (Wildman–Crippen MR) is 69.5 cm³/mol. The first-order valence-electron chi connectivity index (χ1n) is 6.32. The molecule has 2 amide bonds. The van der Waals surface area contributed by atoms with Crippen LogP contribution in [0.25, 0.3) is 0 Å². The van der Waals surface area contributed by atoms with Gasteiger partial charge in [0, 0.05) is 13.1 Å². The van der Waals surface area contributed by atoms with Crippen LogP contribution in [0.4, 0.5) is 5.82 Å². The Balaban J connectivity index is 1.84. The average molecular weight is 263 g/mol. The van der Waals surface area contributed by atoms with Crippen molar-refractivity contribution in [3.63, 3.8) is 0 Å². The molecule has 7 nitrogen and oxygen atoms in total. The molecule has 0 atom stereocenters. The maximum absolute atomic E-state index is 11.9. The summed E-state index contributed by atoms with van der Waals surface area (Å²) in [6.07, 6.45) is 3.33. The molecule has 0 bridgehead atoms. The summed E-state index contributed by atoms with van der Waals surface area (Å²) in [6, 6.07) is 3.06. The molecule has 7 heteroatoms. The molecule has 102 valence electrons. The normalized spacial score (nSPS) is 15.1. The molecule has 0 spiro atoms. The van der Waals surface area contributed by atoms with E-state index in [0.717, 1.165) is 25.9 Å². The number of nitrogens with two attached hydrogens (primary N) is 1. The van der Waals surface area contributed by atoms with Crippen molar-refractivity contribution in [2.24, 2.45) is 5.73 Å². The minimum Gasteiger partial charge on any atom is -0.364 e. The van der Waals surface area contributed by atoms with Gasteiger partial charge in [-0.1, -0.05) is 0 Å². The van der Waals surface area contributed by atoms with Gasteiger partial charge in [0.1, 0.15) is 5.82 Å². The van der Waals surface area contributed by atoms with Crippen LogP contribution in [0.15, 0.2) is 12.1 Å². The van der Waals surface area contributed by atoms with Gasteiger partial charge < -0.3 is 16.0 Å². The molecule has 0 aromatic carbocycles. The summed E-state index contributed by atoms with van der Waals surface area (Å²) in [5, 5.41) is 10.3. The Hall–Kier alpha value is -2.18. The van der Waals surface area contributed by atoms with Gasteiger partial charge in [-0.15, -0.1) is 10.2 Å². The van der Waals surface area contributed by atoms with Crippen molar-refractivity contribution in [2.75, 3.05) is 25.0 Å². The average Bonchev–Trinajstić information content (AvgIpc) is 2.46. The van der Waals surface area contributed by atoms with Gasteiger partial charge in [0.05, 0.1) is 6.54 Å². The van der Waals surface area contributed by atoms with Crippen LogP contribution in [0.2, 0.25) is 0 Å². The fourth-order valence-electron chi connectivity index (χ4n) is 1.98. The van der Waals surface area contributed by atoms with Gasteiger partial charge in [-0.3, -0.25) is 9.59 Å². The number of piperidine rings is 1. The fourth-order valence-corrected chi connectivity index (χ4v) is 1.98. The Morgan fingerprint density at radius 2 is 1.95 bits per heavy atom. The summed E-state index contributed by atoms with van der Waals surface area (Å²) in [4.78, 5) is 24.6. The Bertz CT molecular complexity index is 454. The van der Waals surface area contributed by atoms with E-state index >= 15 is 0 Å². The molecule has 0 saturated carbocycles. The minimum atomic E-state index is -0.622. The highest BCUT2D eigenvalue weighted by Gasteiger charge is 2.16. The second-order valence-electron chi connectivity index (χ2n) is 4.46. The summed E-state index contributed by atoms with van der Waals surface area (Å²) >= 11 is 0. The van der Waals surface area contributed by atoms with E-state index in [1.54, 1.807) is 6.07 Å². The van der Waals surface area contributed by atoms with E-state index in [2.05, 4.69) is 15.5 Å². The lowest BCUT2D eigenvalue weighted by molar-refractivity contribution is -0.130. The molecule has 1 aliphatic heterocycles. The van der Waals surface area contributed by atoms with Crippen LogP contribution in [0.1, 0.15) is 29.8 Å². The summed E-state index contributed by atoms with van der Waals surface area (Å²) in [7, 11) is 0. The molecular formula is C12H17N5O2. The zero-order valence-electron chi connectivity index (χ0n) is 10.6. The second kappa shape index (κ2) is 6.12. The van der Waals surface area contributed by atoms with Crippen LogP contribution < -0.4 is 11.1 Å². The summed E-state index contributed by atoms with van der Waals surface area (Å²) in [5.74, 6) is -0.112. The number of amides is 2. The van der Waals surface area contributed by atoms with E-state index in [1.807, 2.05) is 4.90 Å². The number of aromatic nitrogens is 2. The van der Waals surface area contributed by atoms with Crippen molar-refractivity contribution in [3.05, 3.63) is 17.8 Å². The number of likely N-dealkylation sites (tertiary alicyclic amines) is 1. The van der Waals surface area contributed by atoms with Gasteiger partial charge in [0.15, 0.2) is 5.69 Å². The first kappa shape index (κ1) is 13.3. The van der Waals surface area contributed by atoms with Crippen LogP contribution in [-0.2, 0) is 4.79 Å². The maximum atomic E-state index is 11.9. The lowest BCUT2D eigenvalue weighted by atomic mass is 10.1. The number of hydrogen-bond acceptors (Lipinski definition) is 5. The van der Waals surface area contributed by atoms with E-state index in [-0.39, 0.29) is 18.1 Å². The third kappa shape index (κ3) is 3.64. The number of primary amides is 1. The van der Waals surface area contributed by atoms with Crippen molar-refractivity contribution < 1.29 is 9.59 Å². The number of carbonyl (C=O) groups is 2. The first-order valence-corrected chi connectivity index (χ1v) is 6.32. The van der Waals surface area contributed by atoms with Gasteiger partial charge >= 0.3 is 0 Å². The zero-order valence-corrected chi connectivity index (χ0v) is 10.6.